The maximum Gasteiger partial charge on any atom is 0.227 e. The van der Waals surface area contributed by atoms with Crippen LogP contribution in [0.15, 0.2) is 35.5 Å². The van der Waals surface area contributed by atoms with Gasteiger partial charge in [-0.05, 0) is 25.1 Å². The molecule has 9 heteroatoms. The van der Waals surface area contributed by atoms with Gasteiger partial charge in [0, 0.05) is 51.7 Å². The highest BCUT2D eigenvalue weighted by atomic mass is 127. The van der Waals surface area contributed by atoms with E-state index in [4.69, 9.17) is 11.6 Å². The summed E-state index contributed by atoms with van der Waals surface area (Å²) in [7, 11) is 5.61. The summed E-state index contributed by atoms with van der Waals surface area (Å²) in [6, 6.07) is 7.45. The highest BCUT2D eigenvalue weighted by Crippen LogP contribution is 2.14. The average Bonchev–Trinajstić information content (AvgIpc) is 2.88. The predicted octanol–water partition coefficient (Wildman–Crippen LogP) is 3.04. The smallest absolute Gasteiger partial charge is 0.227 e. The second-order valence-electron chi connectivity index (χ2n) is 6.05. The predicted molar refractivity (Wildman–Crippen MR) is 121 cm³/mol. The minimum Gasteiger partial charge on any atom is -0.356 e. The molecular formula is C18H26ClIN6O. The Bertz CT molecular complexity index is 792. The van der Waals surface area contributed by atoms with Gasteiger partial charge in [-0.15, -0.1) is 24.0 Å². The fourth-order valence-electron chi connectivity index (χ4n) is 2.53. The van der Waals surface area contributed by atoms with Crippen LogP contribution in [0.4, 0.5) is 5.82 Å². The van der Waals surface area contributed by atoms with E-state index in [1.807, 2.05) is 54.9 Å². The molecule has 148 valence electrons. The van der Waals surface area contributed by atoms with E-state index in [1.54, 1.807) is 13.1 Å². The first-order valence-corrected chi connectivity index (χ1v) is 8.73. The highest BCUT2D eigenvalue weighted by molar-refractivity contribution is 14.0. The molecule has 0 aliphatic carbocycles. The van der Waals surface area contributed by atoms with E-state index < -0.39 is 0 Å². The first-order chi connectivity index (χ1) is 12.4. The highest BCUT2D eigenvalue weighted by Gasteiger charge is 2.10. The molecule has 0 aliphatic rings. The number of hydrogen-bond donors (Lipinski definition) is 2. The van der Waals surface area contributed by atoms with Gasteiger partial charge in [0.2, 0.25) is 5.91 Å². The molecule has 7 nitrogen and oxygen atoms in total. The first kappa shape index (κ1) is 23.2. The Hall–Kier alpha value is -1.81. The third-order valence-electron chi connectivity index (χ3n) is 3.84. The Morgan fingerprint density at radius 3 is 2.74 bits per heavy atom. The molecule has 0 saturated heterocycles. The van der Waals surface area contributed by atoms with Gasteiger partial charge in [-0.1, -0.05) is 17.7 Å². The van der Waals surface area contributed by atoms with Gasteiger partial charge in [-0.25, -0.2) is 4.98 Å². The molecule has 0 bridgehead atoms. The Kier molecular flexibility index (Phi) is 9.57. The van der Waals surface area contributed by atoms with Gasteiger partial charge in [0.25, 0.3) is 0 Å². The fourth-order valence-corrected chi connectivity index (χ4v) is 2.80. The van der Waals surface area contributed by atoms with E-state index in [0.29, 0.717) is 36.3 Å². The summed E-state index contributed by atoms with van der Waals surface area (Å²) in [4.78, 5) is 22.5. The molecule has 2 heterocycles. The Morgan fingerprint density at radius 2 is 2.15 bits per heavy atom. The number of nitrogens with zero attached hydrogens (tertiary/aromatic N) is 4. The lowest BCUT2D eigenvalue weighted by Crippen LogP contribution is -2.40. The maximum absolute atomic E-state index is 12.0. The number of aryl methyl sites for hydroxylation is 2. The van der Waals surface area contributed by atoms with Crippen molar-refractivity contribution < 1.29 is 4.79 Å². The molecule has 2 aromatic rings. The molecule has 1 amide bonds. The normalized spacial score (nSPS) is 10.9. The average molecular weight is 505 g/mol. The number of nitrogens with one attached hydrogen (secondary N) is 2. The lowest BCUT2D eigenvalue weighted by atomic mass is 10.3. The summed E-state index contributed by atoms with van der Waals surface area (Å²) in [6.07, 6.45) is 2.18. The van der Waals surface area contributed by atoms with Gasteiger partial charge in [0.15, 0.2) is 5.96 Å². The number of carbonyl (C=O) groups excluding carboxylic acids is 1. The van der Waals surface area contributed by atoms with Crippen LogP contribution in [0.25, 0.3) is 0 Å². The molecule has 0 atom stereocenters. The lowest BCUT2D eigenvalue weighted by molar-refractivity contribution is -0.116. The third kappa shape index (κ3) is 7.37. The van der Waals surface area contributed by atoms with Crippen LogP contribution in [0.2, 0.25) is 5.02 Å². The van der Waals surface area contributed by atoms with E-state index >= 15 is 0 Å². The maximum atomic E-state index is 12.0. The molecule has 2 aromatic heterocycles. The second kappa shape index (κ2) is 11.1. The first-order valence-electron chi connectivity index (χ1n) is 8.35. The van der Waals surface area contributed by atoms with Gasteiger partial charge in [0.1, 0.15) is 5.82 Å². The van der Waals surface area contributed by atoms with E-state index in [0.717, 1.165) is 11.4 Å². The van der Waals surface area contributed by atoms with Crippen LogP contribution in [0, 0.1) is 6.92 Å². The number of anilines is 1. The SMILES string of the molecule is CN=C(NCCC(=O)Nc1cccc(C)n1)N(C)Cc1cc(Cl)cn1C.I. The summed E-state index contributed by atoms with van der Waals surface area (Å²) in [5.41, 5.74) is 1.94. The molecule has 0 aromatic carbocycles. The number of pyridine rings is 1. The molecule has 2 rings (SSSR count). The minimum absolute atomic E-state index is 0. The summed E-state index contributed by atoms with van der Waals surface area (Å²) in [5.74, 6) is 1.18. The van der Waals surface area contributed by atoms with Gasteiger partial charge in [-0.3, -0.25) is 9.79 Å². The third-order valence-corrected chi connectivity index (χ3v) is 4.04. The number of guanidine groups is 1. The quantitative estimate of drug-likeness (QED) is 0.360. The van der Waals surface area contributed by atoms with Crippen molar-refractivity contribution in [1.29, 1.82) is 0 Å². The Labute approximate surface area is 182 Å². The number of halogens is 2. The van der Waals surface area contributed by atoms with E-state index in [-0.39, 0.29) is 29.9 Å². The molecule has 27 heavy (non-hydrogen) atoms. The van der Waals surface area contributed by atoms with Gasteiger partial charge >= 0.3 is 0 Å². The number of hydrogen-bond acceptors (Lipinski definition) is 3. The van der Waals surface area contributed by atoms with Crippen LogP contribution >= 0.6 is 35.6 Å². The van der Waals surface area contributed by atoms with E-state index in [9.17, 15) is 4.79 Å². The minimum atomic E-state index is -0.0945. The Balaban J connectivity index is 0.00000364. The van der Waals surface area contributed by atoms with Crippen molar-refractivity contribution in [3.8, 4) is 0 Å². The standard InChI is InChI=1S/C18H25ClN6O.HI/c1-13-6-5-7-16(22-13)23-17(26)8-9-21-18(20-2)25(4)12-15-10-14(19)11-24(15)3;/h5-7,10-11H,8-9,12H2,1-4H3,(H,20,21)(H,22,23,26);1H. The zero-order valence-electron chi connectivity index (χ0n) is 16.0. The van der Waals surface area contributed by atoms with Crippen molar-refractivity contribution in [2.75, 3.05) is 26.0 Å². The zero-order valence-corrected chi connectivity index (χ0v) is 19.1. The van der Waals surface area contributed by atoms with Gasteiger partial charge < -0.3 is 20.1 Å². The summed E-state index contributed by atoms with van der Waals surface area (Å²) in [5, 5.41) is 6.70. The van der Waals surface area contributed by atoms with Crippen LogP contribution in [-0.2, 0) is 18.4 Å². The van der Waals surface area contributed by atoms with Crippen molar-refractivity contribution in [2.45, 2.75) is 19.9 Å². The monoisotopic (exact) mass is 504 g/mol. The largest absolute Gasteiger partial charge is 0.356 e. The zero-order chi connectivity index (χ0) is 19.1. The summed E-state index contributed by atoms with van der Waals surface area (Å²) in [6.45, 7) is 3.02. The van der Waals surface area contributed by atoms with E-state index in [2.05, 4.69) is 20.6 Å². The van der Waals surface area contributed by atoms with Gasteiger partial charge in [0.05, 0.1) is 11.6 Å². The van der Waals surface area contributed by atoms with Crippen molar-refractivity contribution in [1.82, 2.24) is 19.8 Å². The number of carbonyl (C=O) groups is 1. The Morgan fingerprint density at radius 1 is 1.41 bits per heavy atom. The van der Waals surface area contributed by atoms with Crippen LogP contribution < -0.4 is 10.6 Å². The number of aromatic nitrogens is 2. The van der Waals surface area contributed by atoms with Crippen molar-refractivity contribution in [2.24, 2.45) is 12.0 Å². The molecule has 0 fully saturated rings. The summed E-state index contributed by atoms with van der Waals surface area (Å²) >= 11 is 6.02. The van der Waals surface area contributed by atoms with Crippen LogP contribution in [-0.4, -0.2) is 47.0 Å². The molecule has 0 saturated carbocycles. The number of rotatable bonds is 6. The molecule has 0 radical (unpaired) electrons. The summed E-state index contributed by atoms with van der Waals surface area (Å²) < 4.78 is 1.98. The molecular weight excluding hydrogens is 479 g/mol. The van der Waals surface area contributed by atoms with Crippen molar-refractivity contribution in [3.63, 3.8) is 0 Å². The molecule has 0 aliphatic heterocycles. The molecule has 0 unspecified atom stereocenters. The van der Waals surface area contributed by atoms with Crippen molar-refractivity contribution >= 4 is 53.3 Å². The van der Waals surface area contributed by atoms with Crippen molar-refractivity contribution in [3.05, 3.63) is 46.9 Å². The van der Waals surface area contributed by atoms with E-state index in [1.165, 1.54) is 0 Å². The lowest BCUT2D eigenvalue weighted by Gasteiger charge is -2.22. The fraction of sp³-hybridized carbons (Fsp3) is 0.389. The van der Waals surface area contributed by atoms with Gasteiger partial charge in [-0.2, -0.15) is 0 Å². The second-order valence-corrected chi connectivity index (χ2v) is 6.49. The van der Waals surface area contributed by atoms with Crippen LogP contribution in [0.3, 0.4) is 0 Å². The molecule has 2 N–H and O–H groups in total. The van der Waals surface area contributed by atoms with Crippen LogP contribution in [0.1, 0.15) is 17.8 Å². The van der Waals surface area contributed by atoms with Crippen LogP contribution in [0.5, 0.6) is 0 Å². The molecule has 0 spiro atoms. The number of amides is 1. The topological polar surface area (TPSA) is 74.5 Å². The number of aliphatic imine (C=N–C) groups is 1.